The molecule has 3 atom stereocenters. The molecule has 1 saturated heterocycles. The predicted molar refractivity (Wildman–Crippen MR) is 79.1 cm³/mol. The van der Waals surface area contributed by atoms with E-state index in [2.05, 4.69) is 19.2 Å². The maximum atomic E-state index is 12.7. The molecule has 3 unspecified atom stereocenters. The van der Waals surface area contributed by atoms with Gasteiger partial charge in [0.05, 0.1) is 0 Å². The quantitative estimate of drug-likeness (QED) is 0.862. The molecule has 0 bridgehead atoms. The molecule has 0 aromatic carbocycles. The lowest BCUT2D eigenvalue weighted by molar-refractivity contribution is -0.154. The summed E-state index contributed by atoms with van der Waals surface area (Å²) in [5.74, 6) is 0.296. The third kappa shape index (κ3) is 2.70. The summed E-state index contributed by atoms with van der Waals surface area (Å²) in [5, 5.41) is 2.89. The number of hydrogen-bond donors (Lipinski definition) is 1. The highest BCUT2D eigenvalue weighted by atomic mass is 16.2. The SMILES string of the molecule is CCC1NC(=O)C(C(C)C)N(C2CCC(C)(C)C2)C1=O. The smallest absolute Gasteiger partial charge is 0.246 e. The van der Waals surface area contributed by atoms with Crippen molar-refractivity contribution in [3.05, 3.63) is 0 Å². The molecular formula is C16H28N2O2. The lowest BCUT2D eigenvalue weighted by Gasteiger charge is -2.44. The topological polar surface area (TPSA) is 49.4 Å². The van der Waals surface area contributed by atoms with E-state index in [4.69, 9.17) is 0 Å². The van der Waals surface area contributed by atoms with E-state index in [-0.39, 0.29) is 41.3 Å². The van der Waals surface area contributed by atoms with Gasteiger partial charge in [-0.05, 0) is 37.0 Å². The third-order valence-electron chi connectivity index (χ3n) is 4.81. The summed E-state index contributed by atoms with van der Waals surface area (Å²) in [7, 11) is 0. The molecule has 0 radical (unpaired) electrons. The summed E-state index contributed by atoms with van der Waals surface area (Å²) in [5.41, 5.74) is 0.280. The molecule has 4 nitrogen and oxygen atoms in total. The van der Waals surface area contributed by atoms with Crippen molar-refractivity contribution < 1.29 is 9.59 Å². The van der Waals surface area contributed by atoms with Gasteiger partial charge in [0, 0.05) is 6.04 Å². The summed E-state index contributed by atoms with van der Waals surface area (Å²) < 4.78 is 0. The van der Waals surface area contributed by atoms with Crippen molar-refractivity contribution in [3.63, 3.8) is 0 Å². The van der Waals surface area contributed by atoms with Gasteiger partial charge >= 0.3 is 0 Å². The zero-order valence-electron chi connectivity index (χ0n) is 13.4. The van der Waals surface area contributed by atoms with E-state index >= 15 is 0 Å². The zero-order chi connectivity index (χ0) is 15.1. The number of carbonyl (C=O) groups excluding carboxylic acids is 2. The van der Waals surface area contributed by atoms with Gasteiger partial charge in [-0.2, -0.15) is 0 Å². The molecular weight excluding hydrogens is 252 g/mol. The maximum Gasteiger partial charge on any atom is 0.246 e. The van der Waals surface area contributed by atoms with E-state index < -0.39 is 0 Å². The van der Waals surface area contributed by atoms with Crippen LogP contribution in [0.5, 0.6) is 0 Å². The number of piperazine rings is 1. The fourth-order valence-corrected chi connectivity index (χ4v) is 3.71. The molecule has 4 heteroatoms. The Labute approximate surface area is 122 Å². The summed E-state index contributed by atoms with van der Waals surface area (Å²) in [6.07, 6.45) is 3.82. The van der Waals surface area contributed by atoms with E-state index in [1.807, 2.05) is 25.7 Å². The highest BCUT2D eigenvalue weighted by Crippen LogP contribution is 2.41. The number of rotatable bonds is 3. The van der Waals surface area contributed by atoms with Crippen LogP contribution in [0.3, 0.4) is 0 Å². The van der Waals surface area contributed by atoms with E-state index in [1.54, 1.807) is 0 Å². The van der Waals surface area contributed by atoms with Crippen LogP contribution in [0.1, 0.15) is 60.3 Å². The summed E-state index contributed by atoms with van der Waals surface area (Å²) in [6, 6.07) is -0.407. The molecule has 2 rings (SSSR count). The molecule has 1 saturated carbocycles. The second-order valence-corrected chi connectivity index (χ2v) is 7.46. The average molecular weight is 280 g/mol. The fraction of sp³-hybridized carbons (Fsp3) is 0.875. The highest BCUT2D eigenvalue weighted by Gasteiger charge is 2.47. The van der Waals surface area contributed by atoms with Crippen molar-refractivity contribution in [2.75, 3.05) is 0 Å². The fourth-order valence-electron chi connectivity index (χ4n) is 3.71. The molecule has 114 valence electrons. The van der Waals surface area contributed by atoms with Crippen LogP contribution in [0.25, 0.3) is 0 Å². The minimum atomic E-state index is -0.332. The van der Waals surface area contributed by atoms with Gasteiger partial charge in [-0.25, -0.2) is 0 Å². The first-order valence-corrected chi connectivity index (χ1v) is 7.89. The lowest BCUT2D eigenvalue weighted by Crippen LogP contribution is -2.66. The molecule has 2 fully saturated rings. The van der Waals surface area contributed by atoms with Crippen LogP contribution in [-0.4, -0.2) is 34.8 Å². The molecule has 1 heterocycles. The molecule has 1 aliphatic carbocycles. The number of amides is 2. The first-order chi connectivity index (χ1) is 9.26. The normalized spacial score (nSPS) is 33.7. The van der Waals surface area contributed by atoms with Crippen molar-refractivity contribution in [3.8, 4) is 0 Å². The van der Waals surface area contributed by atoms with Crippen LogP contribution >= 0.6 is 0 Å². The van der Waals surface area contributed by atoms with Crippen LogP contribution in [0.2, 0.25) is 0 Å². The Morgan fingerprint density at radius 2 is 2.00 bits per heavy atom. The monoisotopic (exact) mass is 280 g/mol. The van der Waals surface area contributed by atoms with Crippen molar-refractivity contribution >= 4 is 11.8 Å². The van der Waals surface area contributed by atoms with Crippen LogP contribution in [0.4, 0.5) is 0 Å². The Balaban J connectivity index is 2.28. The predicted octanol–water partition coefficient (Wildman–Crippen LogP) is 2.33. The first-order valence-electron chi connectivity index (χ1n) is 7.89. The molecule has 2 aliphatic rings. The van der Waals surface area contributed by atoms with E-state index in [9.17, 15) is 9.59 Å². The number of nitrogens with one attached hydrogen (secondary N) is 1. The van der Waals surface area contributed by atoms with Crippen LogP contribution < -0.4 is 5.32 Å². The van der Waals surface area contributed by atoms with Gasteiger partial charge < -0.3 is 10.2 Å². The van der Waals surface area contributed by atoms with Gasteiger partial charge in [0.15, 0.2) is 0 Å². The second-order valence-electron chi connectivity index (χ2n) is 7.46. The van der Waals surface area contributed by atoms with Gasteiger partial charge in [0.2, 0.25) is 11.8 Å². The van der Waals surface area contributed by atoms with E-state index in [1.165, 1.54) is 0 Å². The first kappa shape index (κ1) is 15.3. The van der Waals surface area contributed by atoms with Crippen molar-refractivity contribution in [2.24, 2.45) is 11.3 Å². The highest BCUT2D eigenvalue weighted by molar-refractivity contribution is 5.97. The summed E-state index contributed by atoms with van der Waals surface area (Å²) in [4.78, 5) is 27.0. The number of nitrogens with zero attached hydrogens (tertiary/aromatic N) is 1. The Morgan fingerprint density at radius 1 is 1.35 bits per heavy atom. The summed E-state index contributed by atoms with van der Waals surface area (Å²) in [6.45, 7) is 10.5. The van der Waals surface area contributed by atoms with Crippen LogP contribution in [0.15, 0.2) is 0 Å². The van der Waals surface area contributed by atoms with E-state index in [0.29, 0.717) is 6.42 Å². The standard InChI is InChI=1S/C16H28N2O2/c1-6-12-15(20)18(11-7-8-16(4,5)9-11)13(10(2)3)14(19)17-12/h10-13H,6-9H2,1-5H3,(H,17,19). The molecule has 0 aromatic rings. The Bertz CT molecular complexity index is 403. The lowest BCUT2D eigenvalue weighted by atomic mass is 9.90. The molecule has 20 heavy (non-hydrogen) atoms. The van der Waals surface area contributed by atoms with Gasteiger partial charge in [0.1, 0.15) is 12.1 Å². The van der Waals surface area contributed by atoms with Gasteiger partial charge in [-0.3, -0.25) is 9.59 Å². The molecule has 2 amide bonds. The van der Waals surface area contributed by atoms with E-state index in [0.717, 1.165) is 19.3 Å². The molecule has 1 N–H and O–H groups in total. The Hall–Kier alpha value is -1.06. The van der Waals surface area contributed by atoms with Gasteiger partial charge in [0.25, 0.3) is 0 Å². The summed E-state index contributed by atoms with van der Waals surface area (Å²) >= 11 is 0. The Morgan fingerprint density at radius 3 is 2.45 bits per heavy atom. The number of hydrogen-bond acceptors (Lipinski definition) is 2. The third-order valence-corrected chi connectivity index (χ3v) is 4.81. The van der Waals surface area contributed by atoms with Crippen molar-refractivity contribution in [1.82, 2.24) is 10.2 Å². The number of carbonyl (C=O) groups is 2. The van der Waals surface area contributed by atoms with Crippen LogP contribution in [-0.2, 0) is 9.59 Å². The zero-order valence-corrected chi connectivity index (χ0v) is 13.4. The maximum absolute atomic E-state index is 12.7. The molecule has 1 aliphatic heterocycles. The molecule has 0 aromatic heterocycles. The second kappa shape index (κ2) is 5.38. The minimum absolute atomic E-state index is 0.0242. The van der Waals surface area contributed by atoms with Crippen molar-refractivity contribution in [2.45, 2.75) is 78.4 Å². The largest absolute Gasteiger partial charge is 0.343 e. The Kier molecular flexibility index (Phi) is 4.12. The van der Waals surface area contributed by atoms with Gasteiger partial charge in [-0.1, -0.05) is 34.6 Å². The average Bonchev–Trinajstić information content (AvgIpc) is 2.70. The van der Waals surface area contributed by atoms with Crippen LogP contribution in [0, 0.1) is 11.3 Å². The minimum Gasteiger partial charge on any atom is -0.343 e. The molecule has 0 spiro atoms. The van der Waals surface area contributed by atoms with Gasteiger partial charge in [-0.15, -0.1) is 0 Å². The van der Waals surface area contributed by atoms with Crippen molar-refractivity contribution in [1.29, 1.82) is 0 Å².